The highest BCUT2D eigenvalue weighted by Gasteiger charge is 2.04. The third-order valence-corrected chi connectivity index (χ3v) is 1.60. The van der Waals surface area contributed by atoms with E-state index < -0.39 is 0 Å². The van der Waals surface area contributed by atoms with Crippen LogP contribution in [0.1, 0.15) is 30.0 Å². The van der Waals surface area contributed by atoms with Crippen molar-refractivity contribution in [3.8, 4) is 0 Å². The second-order valence-corrected chi connectivity index (χ2v) is 2.56. The van der Waals surface area contributed by atoms with Gasteiger partial charge in [0.2, 0.25) is 5.91 Å². The summed E-state index contributed by atoms with van der Waals surface area (Å²) in [5, 5.41) is 4.09. The van der Waals surface area contributed by atoms with Gasteiger partial charge in [-0.15, -0.1) is 0 Å². The van der Waals surface area contributed by atoms with Crippen LogP contribution in [0, 0.1) is 6.92 Å². The summed E-state index contributed by atoms with van der Waals surface area (Å²) in [6.45, 7) is 5.42. The fourth-order valence-corrected chi connectivity index (χ4v) is 1.03. The Labute approximate surface area is 66.0 Å². The second-order valence-electron chi connectivity index (χ2n) is 2.56. The van der Waals surface area contributed by atoms with Gasteiger partial charge in [0.25, 0.3) is 0 Å². The average molecular weight is 152 g/mol. The predicted octanol–water partition coefficient (Wildman–Crippen LogP) is 1.41. The van der Waals surface area contributed by atoms with Crippen molar-refractivity contribution in [2.24, 2.45) is 0 Å². The minimum absolute atomic E-state index is 0.0257. The monoisotopic (exact) mass is 152 g/mol. The fraction of sp³-hybridized carbons (Fsp3) is 0.500. The lowest BCUT2D eigenvalue weighted by Gasteiger charge is -1.94. The van der Waals surface area contributed by atoms with Gasteiger partial charge in [-0.2, -0.15) is 5.10 Å². The molecule has 0 aliphatic carbocycles. The number of hydrogen-bond acceptors (Lipinski definition) is 2. The summed E-state index contributed by atoms with van der Waals surface area (Å²) >= 11 is 0. The molecule has 0 bridgehead atoms. The van der Waals surface area contributed by atoms with Crippen LogP contribution in [0.5, 0.6) is 0 Å². The van der Waals surface area contributed by atoms with Crippen molar-refractivity contribution < 1.29 is 4.79 Å². The standard InChI is InChI=1S/C8H12N2O/c1-4-8-5-6(2)10(9-8)7(3)11/h5H,4H2,1-3H3. The van der Waals surface area contributed by atoms with Gasteiger partial charge in [-0.3, -0.25) is 4.79 Å². The lowest BCUT2D eigenvalue weighted by Crippen LogP contribution is -2.09. The molecule has 0 radical (unpaired) electrons. The van der Waals surface area contributed by atoms with Crippen molar-refractivity contribution >= 4 is 5.91 Å². The van der Waals surface area contributed by atoms with Gasteiger partial charge in [0, 0.05) is 12.6 Å². The summed E-state index contributed by atoms with van der Waals surface area (Å²) in [4.78, 5) is 10.9. The number of carbonyl (C=O) groups excluding carboxylic acids is 1. The number of rotatable bonds is 1. The molecule has 1 aromatic heterocycles. The molecule has 0 amide bonds. The lowest BCUT2D eigenvalue weighted by molar-refractivity contribution is 0.0918. The third kappa shape index (κ3) is 1.48. The molecule has 1 rings (SSSR count). The summed E-state index contributed by atoms with van der Waals surface area (Å²) < 4.78 is 1.43. The van der Waals surface area contributed by atoms with E-state index in [0.717, 1.165) is 17.8 Å². The van der Waals surface area contributed by atoms with Crippen molar-refractivity contribution in [1.29, 1.82) is 0 Å². The van der Waals surface area contributed by atoms with E-state index in [1.807, 2.05) is 19.9 Å². The maximum absolute atomic E-state index is 10.9. The number of aromatic nitrogens is 2. The van der Waals surface area contributed by atoms with E-state index in [4.69, 9.17) is 0 Å². The molecule has 0 saturated carbocycles. The first kappa shape index (κ1) is 7.98. The van der Waals surface area contributed by atoms with E-state index in [2.05, 4.69) is 5.10 Å². The van der Waals surface area contributed by atoms with Gasteiger partial charge < -0.3 is 0 Å². The Hall–Kier alpha value is -1.12. The molecule has 0 aliphatic rings. The molecule has 0 aliphatic heterocycles. The Balaban J connectivity index is 3.07. The Morgan fingerprint density at radius 2 is 2.36 bits per heavy atom. The minimum atomic E-state index is -0.0257. The van der Waals surface area contributed by atoms with Crippen molar-refractivity contribution in [1.82, 2.24) is 9.78 Å². The zero-order valence-corrected chi connectivity index (χ0v) is 7.09. The largest absolute Gasteiger partial charge is 0.273 e. The Kier molecular flexibility index (Phi) is 2.08. The molecule has 60 valence electrons. The highest BCUT2D eigenvalue weighted by molar-refractivity contribution is 5.75. The maximum Gasteiger partial charge on any atom is 0.243 e. The van der Waals surface area contributed by atoms with Gasteiger partial charge in [-0.05, 0) is 19.4 Å². The summed E-state index contributed by atoms with van der Waals surface area (Å²) in [6.07, 6.45) is 0.876. The van der Waals surface area contributed by atoms with E-state index in [0.29, 0.717) is 0 Å². The first-order valence-corrected chi connectivity index (χ1v) is 3.71. The molecule has 0 fully saturated rings. The van der Waals surface area contributed by atoms with Crippen LogP contribution in [0.25, 0.3) is 0 Å². The number of nitrogens with zero attached hydrogens (tertiary/aromatic N) is 2. The zero-order chi connectivity index (χ0) is 8.43. The van der Waals surface area contributed by atoms with Gasteiger partial charge in [-0.25, -0.2) is 4.68 Å². The molecular formula is C8H12N2O. The quantitative estimate of drug-likeness (QED) is 0.610. The van der Waals surface area contributed by atoms with Crippen LogP contribution in [-0.4, -0.2) is 15.7 Å². The molecule has 1 aromatic rings. The van der Waals surface area contributed by atoms with Gasteiger partial charge in [0.1, 0.15) is 0 Å². The first-order valence-electron chi connectivity index (χ1n) is 3.71. The average Bonchev–Trinajstić information content (AvgIpc) is 2.30. The van der Waals surface area contributed by atoms with Gasteiger partial charge in [-0.1, -0.05) is 6.92 Å². The lowest BCUT2D eigenvalue weighted by atomic mass is 10.3. The van der Waals surface area contributed by atoms with Crippen LogP contribution in [0.4, 0.5) is 0 Å². The van der Waals surface area contributed by atoms with Crippen molar-refractivity contribution in [3.63, 3.8) is 0 Å². The van der Waals surface area contributed by atoms with Crippen LogP contribution in [-0.2, 0) is 6.42 Å². The van der Waals surface area contributed by atoms with Gasteiger partial charge in [0.15, 0.2) is 0 Å². The summed E-state index contributed by atoms with van der Waals surface area (Å²) in [5.41, 5.74) is 1.88. The maximum atomic E-state index is 10.9. The second kappa shape index (κ2) is 2.86. The predicted molar refractivity (Wildman–Crippen MR) is 42.6 cm³/mol. The summed E-state index contributed by atoms with van der Waals surface area (Å²) in [7, 11) is 0. The third-order valence-electron chi connectivity index (χ3n) is 1.60. The molecule has 3 nitrogen and oxygen atoms in total. The molecule has 0 atom stereocenters. The summed E-state index contributed by atoms with van der Waals surface area (Å²) in [5.74, 6) is -0.0257. The first-order chi connectivity index (χ1) is 5.15. The zero-order valence-electron chi connectivity index (χ0n) is 7.09. The molecule has 0 spiro atoms. The van der Waals surface area contributed by atoms with E-state index in [1.54, 1.807) is 0 Å². The molecule has 0 aromatic carbocycles. The van der Waals surface area contributed by atoms with Gasteiger partial charge in [0.05, 0.1) is 5.69 Å². The number of hydrogen-bond donors (Lipinski definition) is 0. The molecule has 0 N–H and O–H groups in total. The topological polar surface area (TPSA) is 34.9 Å². The van der Waals surface area contributed by atoms with E-state index >= 15 is 0 Å². The smallest absolute Gasteiger partial charge is 0.243 e. The SMILES string of the molecule is CCc1cc(C)n(C(C)=O)n1. The van der Waals surface area contributed by atoms with Crippen LogP contribution in [0.2, 0.25) is 0 Å². The highest BCUT2D eigenvalue weighted by atomic mass is 16.2. The minimum Gasteiger partial charge on any atom is -0.273 e. The number of aryl methyl sites for hydroxylation is 2. The fourth-order valence-electron chi connectivity index (χ4n) is 1.03. The van der Waals surface area contributed by atoms with Crippen LogP contribution < -0.4 is 0 Å². The van der Waals surface area contributed by atoms with Crippen molar-refractivity contribution in [2.75, 3.05) is 0 Å². The Morgan fingerprint density at radius 1 is 1.73 bits per heavy atom. The van der Waals surface area contributed by atoms with Crippen LogP contribution >= 0.6 is 0 Å². The molecule has 3 heteroatoms. The Bertz CT molecular complexity index is 276. The van der Waals surface area contributed by atoms with Crippen LogP contribution in [0.3, 0.4) is 0 Å². The van der Waals surface area contributed by atoms with E-state index in [9.17, 15) is 4.79 Å². The molecule has 0 unspecified atom stereocenters. The molecule has 0 saturated heterocycles. The molecule has 1 heterocycles. The van der Waals surface area contributed by atoms with E-state index in [1.165, 1.54) is 11.6 Å². The molecular weight excluding hydrogens is 140 g/mol. The highest BCUT2D eigenvalue weighted by Crippen LogP contribution is 2.02. The Morgan fingerprint density at radius 3 is 2.64 bits per heavy atom. The number of carbonyl (C=O) groups is 1. The summed E-state index contributed by atoms with van der Waals surface area (Å²) in [6, 6.07) is 1.93. The van der Waals surface area contributed by atoms with Crippen molar-refractivity contribution in [2.45, 2.75) is 27.2 Å². The molecule has 11 heavy (non-hydrogen) atoms. The van der Waals surface area contributed by atoms with Gasteiger partial charge >= 0.3 is 0 Å². The van der Waals surface area contributed by atoms with Crippen LogP contribution in [0.15, 0.2) is 6.07 Å². The normalized spacial score (nSPS) is 10.1. The van der Waals surface area contributed by atoms with Crippen molar-refractivity contribution in [3.05, 3.63) is 17.5 Å². The van der Waals surface area contributed by atoms with E-state index in [-0.39, 0.29) is 5.91 Å².